The molecule has 1 amide bonds. The predicted octanol–water partition coefficient (Wildman–Crippen LogP) is 9.66. The molecule has 7 nitrogen and oxygen atoms in total. The van der Waals surface area contributed by atoms with E-state index in [1.165, 1.54) is 51.4 Å². The summed E-state index contributed by atoms with van der Waals surface area (Å²) in [7, 11) is 0. The summed E-state index contributed by atoms with van der Waals surface area (Å²) in [5.41, 5.74) is 13.7. The molecule has 4 rings (SSSR count). The molecule has 5 N–H and O–H groups in total. The standard InChI is InChI=1S/C43H78N4O3.3ClH/c1-32(2)14-10-15-33(3)36-31-34-30-35(19-23-43(34,5)38-20-22-42(4)21-11-16-37(42)41(36)38)50-40(49)18-7-6-17-39(48)47(29-13-25-45)28-9-8-26-46-27-12-24-44;;;/h31-33,35-38,41,46H,6-30,44-45H2,1-5H3;3*1H/t33-,35?,36?,37?,38?,41?,42?,43?;;;/m1.../s1. The zero-order valence-electron chi connectivity index (χ0n) is 34.3. The number of rotatable bonds is 22. The summed E-state index contributed by atoms with van der Waals surface area (Å²) in [6.07, 6.45) is 23.0. The summed E-state index contributed by atoms with van der Waals surface area (Å²) in [5, 5.41) is 3.41. The van der Waals surface area contributed by atoms with Crippen molar-refractivity contribution in [1.82, 2.24) is 10.2 Å². The average molecular weight is 809 g/mol. The Labute approximate surface area is 343 Å². The van der Waals surface area contributed by atoms with Crippen molar-refractivity contribution in [3.8, 4) is 0 Å². The Morgan fingerprint density at radius 3 is 2.25 bits per heavy atom. The van der Waals surface area contributed by atoms with Crippen LogP contribution in [-0.4, -0.2) is 62.1 Å². The molecule has 0 bridgehead atoms. The molecule has 0 aromatic heterocycles. The van der Waals surface area contributed by atoms with Crippen LogP contribution in [0.25, 0.3) is 0 Å². The van der Waals surface area contributed by atoms with Crippen LogP contribution in [0, 0.1) is 46.3 Å². The van der Waals surface area contributed by atoms with Gasteiger partial charge in [-0.25, -0.2) is 0 Å². The first kappa shape index (κ1) is 50.4. The minimum Gasteiger partial charge on any atom is -0.462 e. The van der Waals surface area contributed by atoms with E-state index in [2.05, 4.69) is 46.0 Å². The summed E-state index contributed by atoms with van der Waals surface area (Å²) in [5.74, 6) is 4.71. The first-order valence-electron chi connectivity index (χ1n) is 21.3. The Morgan fingerprint density at radius 1 is 0.830 bits per heavy atom. The monoisotopic (exact) mass is 807 g/mol. The highest BCUT2D eigenvalue weighted by atomic mass is 35.5. The summed E-state index contributed by atoms with van der Waals surface area (Å²) in [6, 6.07) is 0. The van der Waals surface area contributed by atoms with Gasteiger partial charge in [-0.1, -0.05) is 72.0 Å². The highest BCUT2D eigenvalue weighted by molar-refractivity contribution is 5.86. The van der Waals surface area contributed by atoms with Crippen molar-refractivity contribution in [1.29, 1.82) is 0 Å². The largest absolute Gasteiger partial charge is 0.462 e. The average Bonchev–Trinajstić information content (AvgIpc) is 3.49. The maximum Gasteiger partial charge on any atom is 0.306 e. The number of fused-ring (bicyclic) bond motifs is 5. The quantitative estimate of drug-likeness (QED) is 0.0571. The number of nitrogens with zero attached hydrogens (tertiary/aromatic N) is 1. The summed E-state index contributed by atoms with van der Waals surface area (Å²) in [4.78, 5) is 28.1. The van der Waals surface area contributed by atoms with Crippen LogP contribution in [-0.2, 0) is 14.3 Å². The number of hydrogen-bond acceptors (Lipinski definition) is 6. The van der Waals surface area contributed by atoms with Crippen molar-refractivity contribution in [2.75, 3.05) is 39.3 Å². The lowest BCUT2D eigenvalue weighted by atomic mass is 9.45. The van der Waals surface area contributed by atoms with E-state index >= 15 is 0 Å². The molecule has 0 heterocycles. The van der Waals surface area contributed by atoms with Crippen molar-refractivity contribution < 1.29 is 14.3 Å². The van der Waals surface area contributed by atoms with Crippen LogP contribution < -0.4 is 16.8 Å². The van der Waals surface area contributed by atoms with E-state index in [1.807, 2.05) is 4.90 Å². The number of nitrogens with two attached hydrogens (primary N) is 2. The van der Waals surface area contributed by atoms with Gasteiger partial charge in [-0.15, -0.1) is 37.2 Å². The van der Waals surface area contributed by atoms with E-state index in [0.717, 1.165) is 94.7 Å². The van der Waals surface area contributed by atoms with E-state index < -0.39 is 0 Å². The number of nitrogens with one attached hydrogen (secondary N) is 1. The molecule has 0 saturated heterocycles. The van der Waals surface area contributed by atoms with Crippen molar-refractivity contribution in [3.63, 3.8) is 0 Å². The number of hydrogen-bond donors (Lipinski definition) is 3. The van der Waals surface area contributed by atoms with Gasteiger partial charge in [0.1, 0.15) is 6.10 Å². The van der Waals surface area contributed by atoms with Gasteiger partial charge in [0, 0.05) is 32.4 Å². The molecule has 53 heavy (non-hydrogen) atoms. The SMILES string of the molecule is CC(C)CCC[C@@H](C)C1C=C2CC(OC(=O)CCCCC(=O)N(CCCN)CCCCNCCCN)CCC2(C)C2CCC3(C)CCCC3C12.Cl.Cl.Cl. The molecule has 0 spiro atoms. The van der Waals surface area contributed by atoms with Gasteiger partial charge in [0.15, 0.2) is 0 Å². The van der Waals surface area contributed by atoms with Gasteiger partial charge in [0.2, 0.25) is 5.91 Å². The second kappa shape index (κ2) is 24.9. The third-order valence-electron chi connectivity index (χ3n) is 13.9. The first-order chi connectivity index (χ1) is 24.0. The van der Waals surface area contributed by atoms with Crippen LogP contribution in [0.1, 0.15) is 157 Å². The Bertz CT molecular complexity index is 1090. The van der Waals surface area contributed by atoms with Gasteiger partial charge >= 0.3 is 5.97 Å². The van der Waals surface area contributed by atoms with Crippen LogP contribution in [0.5, 0.6) is 0 Å². The lowest BCUT2D eigenvalue weighted by Gasteiger charge is -2.60. The fraction of sp³-hybridized carbons (Fsp3) is 0.907. The molecule has 4 aliphatic rings. The number of allylic oxidation sites excluding steroid dienone is 1. The topological polar surface area (TPSA) is 111 Å². The molecule has 3 fully saturated rings. The van der Waals surface area contributed by atoms with Crippen LogP contribution in [0.3, 0.4) is 0 Å². The molecule has 0 radical (unpaired) electrons. The lowest BCUT2D eigenvalue weighted by molar-refractivity contribution is -0.152. The van der Waals surface area contributed by atoms with E-state index in [9.17, 15) is 9.59 Å². The normalized spacial score (nSPS) is 29.3. The highest BCUT2D eigenvalue weighted by Gasteiger charge is 2.59. The fourth-order valence-electron chi connectivity index (χ4n) is 10.9. The van der Waals surface area contributed by atoms with Crippen molar-refractivity contribution >= 4 is 49.1 Å². The van der Waals surface area contributed by atoms with Gasteiger partial charge in [0.25, 0.3) is 0 Å². The summed E-state index contributed by atoms with van der Waals surface area (Å²) < 4.78 is 6.20. The van der Waals surface area contributed by atoms with E-state index in [0.29, 0.717) is 56.1 Å². The van der Waals surface area contributed by atoms with Crippen LogP contribution >= 0.6 is 37.2 Å². The van der Waals surface area contributed by atoms with Crippen LogP contribution in [0.4, 0.5) is 0 Å². The minimum absolute atomic E-state index is 0. The van der Waals surface area contributed by atoms with Crippen molar-refractivity contribution in [3.05, 3.63) is 11.6 Å². The second-order valence-electron chi connectivity index (χ2n) is 18.0. The minimum atomic E-state index is -0.0829. The maximum absolute atomic E-state index is 13.1. The number of amides is 1. The Hall–Kier alpha value is -0.570. The fourth-order valence-corrected chi connectivity index (χ4v) is 10.9. The third-order valence-corrected chi connectivity index (χ3v) is 13.9. The number of ether oxygens (including phenoxy) is 1. The van der Waals surface area contributed by atoms with Crippen LogP contribution in [0.2, 0.25) is 0 Å². The molecule has 8 atom stereocenters. The zero-order valence-corrected chi connectivity index (χ0v) is 36.8. The smallest absolute Gasteiger partial charge is 0.306 e. The van der Waals surface area contributed by atoms with Gasteiger partial charge in [-0.05, 0) is 150 Å². The van der Waals surface area contributed by atoms with Gasteiger partial charge in [-0.2, -0.15) is 0 Å². The second-order valence-corrected chi connectivity index (χ2v) is 18.0. The van der Waals surface area contributed by atoms with Crippen LogP contribution in [0.15, 0.2) is 11.6 Å². The molecule has 4 aliphatic carbocycles. The first-order valence-corrected chi connectivity index (χ1v) is 21.3. The van der Waals surface area contributed by atoms with Crippen molar-refractivity contribution in [2.45, 2.75) is 163 Å². The molecular weight excluding hydrogens is 727 g/mol. The molecule has 3 saturated carbocycles. The third kappa shape index (κ3) is 14.1. The molecule has 7 unspecified atom stereocenters. The van der Waals surface area contributed by atoms with E-state index in [1.54, 1.807) is 5.57 Å². The number of esters is 1. The van der Waals surface area contributed by atoms with E-state index in [4.69, 9.17) is 16.2 Å². The zero-order chi connectivity index (χ0) is 36.1. The molecule has 0 aromatic carbocycles. The van der Waals surface area contributed by atoms with Gasteiger partial charge in [-0.3, -0.25) is 9.59 Å². The summed E-state index contributed by atoms with van der Waals surface area (Å²) in [6.45, 7) is 17.2. The number of carbonyl (C=O) groups excluding carboxylic acids is 2. The van der Waals surface area contributed by atoms with Gasteiger partial charge in [0.05, 0.1) is 0 Å². The van der Waals surface area contributed by atoms with Crippen molar-refractivity contribution in [2.24, 2.45) is 57.8 Å². The predicted molar refractivity (Wildman–Crippen MR) is 229 cm³/mol. The Balaban J connectivity index is 0.00000468. The highest BCUT2D eigenvalue weighted by Crippen LogP contribution is 2.67. The molecule has 10 heteroatoms. The molecular formula is C43H81Cl3N4O3. The molecule has 0 aliphatic heterocycles. The number of unbranched alkanes of at least 4 members (excludes halogenated alkanes) is 2. The molecule has 0 aromatic rings. The van der Waals surface area contributed by atoms with Gasteiger partial charge < -0.3 is 26.4 Å². The summed E-state index contributed by atoms with van der Waals surface area (Å²) >= 11 is 0. The Kier molecular flexibility index (Phi) is 23.7. The molecule has 312 valence electrons. The lowest BCUT2D eigenvalue weighted by Crippen LogP contribution is -2.53. The Morgan fingerprint density at radius 2 is 1.53 bits per heavy atom. The van der Waals surface area contributed by atoms with E-state index in [-0.39, 0.29) is 60.6 Å². The number of carbonyl (C=O) groups is 2. The number of halogens is 3. The maximum atomic E-state index is 13.1.